The van der Waals surface area contributed by atoms with Gasteiger partial charge in [0, 0.05) is 30.8 Å². The summed E-state index contributed by atoms with van der Waals surface area (Å²) in [6.45, 7) is 8.19. The Hall–Kier alpha value is -3.33. The van der Waals surface area contributed by atoms with Gasteiger partial charge in [-0.25, -0.2) is 0 Å². The van der Waals surface area contributed by atoms with Gasteiger partial charge < -0.3 is 20.3 Å². The van der Waals surface area contributed by atoms with Gasteiger partial charge in [0.2, 0.25) is 5.91 Å². The molecule has 0 aliphatic carbocycles. The number of hydrogen-bond donors (Lipinski definition) is 2. The summed E-state index contributed by atoms with van der Waals surface area (Å²) in [5.74, 6) is -0.102. The van der Waals surface area contributed by atoms with Crippen molar-refractivity contribution in [3.63, 3.8) is 0 Å². The minimum absolute atomic E-state index is 0.0184. The predicted octanol–water partition coefficient (Wildman–Crippen LogP) is 3.47. The van der Waals surface area contributed by atoms with Crippen molar-refractivity contribution in [1.82, 2.24) is 10.2 Å². The van der Waals surface area contributed by atoms with Gasteiger partial charge >= 0.3 is 0 Å². The van der Waals surface area contributed by atoms with E-state index in [9.17, 15) is 14.4 Å². The summed E-state index contributed by atoms with van der Waals surface area (Å²) in [5, 5.41) is 5.72. The van der Waals surface area contributed by atoms with Crippen LogP contribution in [0.1, 0.15) is 36.2 Å². The van der Waals surface area contributed by atoms with Gasteiger partial charge in [0.1, 0.15) is 17.6 Å². The van der Waals surface area contributed by atoms with Gasteiger partial charge in [0.25, 0.3) is 11.8 Å². The molecule has 1 atom stereocenters. The van der Waals surface area contributed by atoms with Crippen LogP contribution in [0.3, 0.4) is 0 Å². The molecule has 2 N–H and O–H groups in total. The van der Waals surface area contributed by atoms with Gasteiger partial charge in [-0.3, -0.25) is 14.4 Å². The largest absolute Gasteiger partial charge is 0.492 e. The van der Waals surface area contributed by atoms with Crippen molar-refractivity contribution >= 4 is 40.3 Å². The molecule has 180 valence electrons. The van der Waals surface area contributed by atoms with Gasteiger partial charge in [-0.15, -0.1) is 0 Å². The van der Waals surface area contributed by atoms with E-state index in [4.69, 9.17) is 4.74 Å². The molecule has 0 aromatic heterocycles. The van der Waals surface area contributed by atoms with Crippen molar-refractivity contribution in [2.75, 3.05) is 31.6 Å². The first-order valence-corrected chi connectivity index (χ1v) is 12.2. The normalized spacial score (nSPS) is 15.0. The molecule has 2 aromatic rings. The highest BCUT2D eigenvalue weighted by Crippen LogP contribution is 2.27. The van der Waals surface area contributed by atoms with E-state index >= 15 is 0 Å². The Kier molecular flexibility index (Phi) is 9.09. The van der Waals surface area contributed by atoms with E-state index in [1.54, 1.807) is 24.3 Å². The number of benzene rings is 2. The number of aliphatic imine (C=N–C) groups is 1. The number of amides is 3. The maximum absolute atomic E-state index is 12.5. The number of thioether (sulfide) groups is 1. The van der Waals surface area contributed by atoms with E-state index < -0.39 is 5.25 Å². The Bertz CT molecular complexity index is 1050. The van der Waals surface area contributed by atoms with E-state index in [1.165, 1.54) is 11.8 Å². The number of nitrogens with zero attached hydrogens (tertiary/aromatic N) is 2. The van der Waals surface area contributed by atoms with Gasteiger partial charge in [-0.05, 0) is 51.1 Å². The number of ether oxygens (including phenoxy) is 1. The fourth-order valence-electron chi connectivity index (χ4n) is 3.33. The van der Waals surface area contributed by atoms with Crippen LogP contribution >= 0.6 is 11.8 Å². The molecular weight excluding hydrogens is 452 g/mol. The molecule has 3 amide bonds. The molecule has 2 aromatic carbocycles. The third kappa shape index (κ3) is 7.08. The van der Waals surface area contributed by atoms with E-state index in [0.29, 0.717) is 29.6 Å². The number of hydrogen-bond acceptors (Lipinski definition) is 6. The number of carbonyl (C=O) groups is 3. The summed E-state index contributed by atoms with van der Waals surface area (Å²) in [5.41, 5.74) is 2.07. The molecule has 0 fully saturated rings. The van der Waals surface area contributed by atoms with Gasteiger partial charge in [0.15, 0.2) is 5.17 Å². The van der Waals surface area contributed by atoms with E-state index in [2.05, 4.69) is 15.6 Å². The lowest BCUT2D eigenvalue weighted by Gasteiger charge is -2.19. The summed E-state index contributed by atoms with van der Waals surface area (Å²) in [7, 11) is 0. The minimum atomic E-state index is -0.532. The highest BCUT2D eigenvalue weighted by atomic mass is 32.2. The van der Waals surface area contributed by atoms with E-state index in [0.717, 1.165) is 24.4 Å². The molecule has 0 saturated carbocycles. The number of nitrogens with one attached hydrogen (secondary N) is 2. The second kappa shape index (κ2) is 12.2. The molecule has 1 heterocycles. The summed E-state index contributed by atoms with van der Waals surface area (Å²) in [4.78, 5) is 43.3. The van der Waals surface area contributed by atoms with Gasteiger partial charge in [-0.2, -0.15) is 4.99 Å². The molecule has 0 saturated heterocycles. The zero-order valence-corrected chi connectivity index (χ0v) is 20.5. The van der Waals surface area contributed by atoms with Crippen LogP contribution in [0.5, 0.6) is 5.75 Å². The fraction of sp³-hybridized carbons (Fsp3) is 0.360. The summed E-state index contributed by atoms with van der Waals surface area (Å²) in [6.07, 6.45) is 0.0184. The molecule has 0 radical (unpaired) electrons. The Balaban J connectivity index is 1.46. The topological polar surface area (TPSA) is 100 Å². The van der Waals surface area contributed by atoms with Crippen molar-refractivity contribution in [1.29, 1.82) is 0 Å². The lowest BCUT2D eigenvalue weighted by atomic mass is 10.2. The maximum Gasteiger partial charge on any atom is 0.262 e. The molecule has 1 aliphatic rings. The van der Waals surface area contributed by atoms with Gasteiger partial charge in [-0.1, -0.05) is 35.5 Å². The SMILES string of the molecule is CCN(CC)C1=NC(=O)C(CC(=O)Nc2cccc(C(=O)NCCOc3ccc(C)cc3)c2)S1. The lowest BCUT2D eigenvalue weighted by molar-refractivity contribution is -0.121. The predicted molar refractivity (Wildman–Crippen MR) is 135 cm³/mol. The Morgan fingerprint density at radius 1 is 1.12 bits per heavy atom. The maximum atomic E-state index is 12.5. The second-order valence-corrected chi connectivity index (χ2v) is 8.93. The summed E-state index contributed by atoms with van der Waals surface area (Å²) >= 11 is 1.32. The van der Waals surface area contributed by atoms with E-state index in [1.807, 2.05) is 49.9 Å². The van der Waals surface area contributed by atoms with Crippen LogP contribution in [-0.4, -0.2) is 59.3 Å². The molecule has 34 heavy (non-hydrogen) atoms. The van der Waals surface area contributed by atoms with Gasteiger partial charge in [0.05, 0.1) is 6.54 Å². The number of anilines is 1. The minimum Gasteiger partial charge on any atom is -0.492 e. The third-order valence-electron chi connectivity index (χ3n) is 5.22. The van der Waals surface area contributed by atoms with Crippen molar-refractivity contribution in [2.24, 2.45) is 4.99 Å². The molecule has 1 aliphatic heterocycles. The average Bonchev–Trinajstić information content (AvgIpc) is 3.18. The number of carbonyl (C=O) groups excluding carboxylic acids is 3. The van der Waals surface area contributed by atoms with Crippen molar-refractivity contribution in [2.45, 2.75) is 32.4 Å². The highest BCUT2D eigenvalue weighted by Gasteiger charge is 2.32. The van der Waals surface area contributed by atoms with Crippen molar-refractivity contribution < 1.29 is 19.1 Å². The van der Waals surface area contributed by atoms with Crippen LogP contribution < -0.4 is 15.4 Å². The smallest absolute Gasteiger partial charge is 0.262 e. The van der Waals surface area contributed by atoms with Crippen LogP contribution in [0.15, 0.2) is 53.5 Å². The molecule has 8 nitrogen and oxygen atoms in total. The third-order valence-corrected chi connectivity index (χ3v) is 6.43. The monoisotopic (exact) mass is 482 g/mol. The van der Waals surface area contributed by atoms with E-state index in [-0.39, 0.29) is 24.1 Å². The molecular formula is C25H30N4O4S. The molecule has 1 unspecified atom stereocenters. The quantitative estimate of drug-likeness (QED) is 0.503. The van der Waals surface area contributed by atoms with Crippen LogP contribution in [0.25, 0.3) is 0 Å². The summed E-state index contributed by atoms with van der Waals surface area (Å²) < 4.78 is 5.62. The van der Waals surface area contributed by atoms with Crippen molar-refractivity contribution in [3.8, 4) is 5.75 Å². The first-order valence-electron chi connectivity index (χ1n) is 11.3. The number of rotatable bonds is 10. The average molecular weight is 483 g/mol. The van der Waals surface area contributed by atoms with Crippen LogP contribution in [-0.2, 0) is 9.59 Å². The number of amidine groups is 1. The second-order valence-electron chi connectivity index (χ2n) is 7.76. The fourth-order valence-corrected chi connectivity index (χ4v) is 4.52. The Morgan fingerprint density at radius 2 is 1.85 bits per heavy atom. The summed E-state index contributed by atoms with van der Waals surface area (Å²) in [6, 6.07) is 14.4. The Morgan fingerprint density at radius 3 is 2.56 bits per heavy atom. The zero-order chi connectivity index (χ0) is 24.5. The van der Waals surface area contributed by atoms with Crippen LogP contribution in [0.2, 0.25) is 0 Å². The van der Waals surface area contributed by atoms with Crippen LogP contribution in [0.4, 0.5) is 5.69 Å². The first-order chi connectivity index (χ1) is 16.4. The molecule has 3 rings (SSSR count). The molecule has 9 heteroatoms. The molecule has 0 bridgehead atoms. The van der Waals surface area contributed by atoms with Crippen LogP contribution in [0, 0.1) is 6.92 Å². The lowest BCUT2D eigenvalue weighted by Crippen LogP contribution is -2.28. The first kappa shape index (κ1) is 25.3. The standard InChI is InChI=1S/C25H30N4O4S/c1-4-29(5-2)25-28-24(32)21(34-25)16-22(30)27-19-8-6-7-18(15-19)23(31)26-13-14-33-20-11-9-17(3)10-12-20/h6-12,15,21H,4-5,13-14,16H2,1-3H3,(H,26,31)(H,27,30). The highest BCUT2D eigenvalue weighted by molar-refractivity contribution is 8.15. The van der Waals surface area contributed by atoms with Crippen molar-refractivity contribution in [3.05, 3.63) is 59.7 Å². The Labute approximate surface area is 204 Å². The molecule has 0 spiro atoms. The zero-order valence-electron chi connectivity index (χ0n) is 19.7. The number of aryl methyl sites for hydroxylation is 1.